The first-order valence-electron chi connectivity index (χ1n) is 12.0. The molecule has 3 aromatic rings. The van der Waals surface area contributed by atoms with Crippen LogP contribution in [0.15, 0.2) is 66.2 Å². The number of rotatable bonds is 4. The molecule has 5 heteroatoms. The number of carbonyl (C=O) groups is 2. The number of aryl methyl sites for hydroxylation is 4. The molecule has 1 amide bonds. The van der Waals surface area contributed by atoms with E-state index >= 15 is 0 Å². The van der Waals surface area contributed by atoms with E-state index in [0.29, 0.717) is 17.0 Å². The highest BCUT2D eigenvalue weighted by Gasteiger charge is 2.47. The normalized spacial score (nSPS) is 19.1. The second-order valence-electron chi connectivity index (χ2n) is 9.42. The lowest BCUT2D eigenvalue weighted by molar-refractivity contribution is -0.132. The van der Waals surface area contributed by atoms with Crippen molar-refractivity contribution in [3.8, 4) is 5.75 Å². The second-order valence-corrected chi connectivity index (χ2v) is 9.42. The zero-order valence-electron chi connectivity index (χ0n) is 20.3. The molecular weight excluding hydrogens is 438 g/mol. The third-order valence-electron chi connectivity index (χ3n) is 7.12. The zero-order chi connectivity index (χ0) is 24.7. The molecule has 0 saturated carbocycles. The Hall–Kier alpha value is -3.86. The highest BCUT2D eigenvalue weighted by Crippen LogP contribution is 2.43. The molecule has 1 atom stereocenters. The average Bonchev–Trinajstić information content (AvgIpc) is 3.14. The molecule has 5 rings (SSSR count). The topological polar surface area (TPSA) is 66.8 Å². The minimum atomic E-state index is -0.752. The highest BCUT2D eigenvalue weighted by atomic mass is 16.5. The van der Waals surface area contributed by atoms with Crippen LogP contribution in [0.25, 0.3) is 5.76 Å². The molecule has 0 radical (unpaired) electrons. The minimum Gasteiger partial charge on any atom is -0.507 e. The summed E-state index contributed by atoms with van der Waals surface area (Å²) in [4.78, 5) is 28.4. The van der Waals surface area contributed by atoms with Crippen molar-refractivity contribution in [2.24, 2.45) is 0 Å². The third kappa shape index (κ3) is 4.01. The van der Waals surface area contributed by atoms with Crippen LogP contribution in [0.1, 0.15) is 52.3 Å². The molecule has 178 valence electrons. The van der Waals surface area contributed by atoms with Crippen LogP contribution >= 0.6 is 0 Å². The van der Waals surface area contributed by atoms with E-state index in [1.165, 1.54) is 16.0 Å². The summed E-state index contributed by atoms with van der Waals surface area (Å²) in [6, 6.07) is 18.2. The van der Waals surface area contributed by atoms with Gasteiger partial charge in [-0.1, -0.05) is 36.4 Å². The van der Waals surface area contributed by atoms with Crippen LogP contribution in [0.5, 0.6) is 5.75 Å². The van der Waals surface area contributed by atoms with Crippen molar-refractivity contribution in [3.63, 3.8) is 0 Å². The van der Waals surface area contributed by atoms with Gasteiger partial charge < -0.3 is 9.84 Å². The SMILES string of the molecule is COc1ccc(C2/C(=C(/O)c3ccc4c(c3)CCCC4)C(=O)C(=O)N2c2cc(C)ccc2C)cc1. The van der Waals surface area contributed by atoms with Crippen molar-refractivity contribution >= 4 is 23.1 Å². The van der Waals surface area contributed by atoms with Gasteiger partial charge in [-0.3, -0.25) is 14.5 Å². The van der Waals surface area contributed by atoms with Crippen LogP contribution < -0.4 is 9.64 Å². The molecule has 0 bridgehead atoms. The Kier molecular flexibility index (Phi) is 5.93. The lowest BCUT2D eigenvalue weighted by Crippen LogP contribution is -2.30. The number of Topliss-reactive ketones (excluding diaryl/α,β-unsaturated/α-hetero) is 1. The summed E-state index contributed by atoms with van der Waals surface area (Å²) in [5, 5.41) is 11.5. The number of anilines is 1. The Morgan fingerprint density at radius 1 is 0.914 bits per heavy atom. The number of hydrogen-bond donors (Lipinski definition) is 1. The van der Waals surface area contributed by atoms with Crippen molar-refractivity contribution in [2.75, 3.05) is 12.0 Å². The average molecular weight is 468 g/mol. The van der Waals surface area contributed by atoms with E-state index in [4.69, 9.17) is 4.74 Å². The molecule has 1 heterocycles. The quantitative estimate of drug-likeness (QED) is 0.298. The van der Waals surface area contributed by atoms with Gasteiger partial charge in [0.2, 0.25) is 0 Å². The van der Waals surface area contributed by atoms with Crippen molar-refractivity contribution in [3.05, 3.63) is 99.6 Å². The summed E-state index contributed by atoms with van der Waals surface area (Å²) in [7, 11) is 1.59. The first-order chi connectivity index (χ1) is 16.9. The second kappa shape index (κ2) is 9.06. The van der Waals surface area contributed by atoms with Crippen molar-refractivity contribution in [1.82, 2.24) is 0 Å². The molecule has 1 aliphatic carbocycles. The molecular formula is C30H29NO4. The Morgan fingerprint density at radius 2 is 1.63 bits per heavy atom. The molecule has 35 heavy (non-hydrogen) atoms. The molecule has 2 aliphatic rings. The van der Waals surface area contributed by atoms with E-state index in [2.05, 4.69) is 0 Å². The molecule has 1 fully saturated rings. The lowest BCUT2D eigenvalue weighted by atomic mass is 9.88. The van der Waals surface area contributed by atoms with Crippen molar-refractivity contribution < 1.29 is 19.4 Å². The van der Waals surface area contributed by atoms with E-state index in [0.717, 1.165) is 42.4 Å². The van der Waals surface area contributed by atoms with Gasteiger partial charge in [-0.25, -0.2) is 0 Å². The van der Waals surface area contributed by atoms with Gasteiger partial charge in [-0.2, -0.15) is 0 Å². The van der Waals surface area contributed by atoms with Gasteiger partial charge in [0, 0.05) is 11.3 Å². The first kappa shape index (κ1) is 22.9. The molecule has 1 aliphatic heterocycles. The number of hydrogen-bond acceptors (Lipinski definition) is 4. The number of fused-ring (bicyclic) bond motifs is 1. The smallest absolute Gasteiger partial charge is 0.300 e. The van der Waals surface area contributed by atoms with Gasteiger partial charge in [0.25, 0.3) is 11.7 Å². The van der Waals surface area contributed by atoms with Gasteiger partial charge in [-0.15, -0.1) is 0 Å². The van der Waals surface area contributed by atoms with E-state index in [9.17, 15) is 14.7 Å². The molecule has 0 spiro atoms. The predicted molar refractivity (Wildman–Crippen MR) is 137 cm³/mol. The maximum atomic E-state index is 13.5. The first-order valence-corrected chi connectivity index (χ1v) is 12.0. The molecule has 3 aromatic carbocycles. The molecule has 1 saturated heterocycles. The van der Waals surface area contributed by atoms with E-state index < -0.39 is 17.7 Å². The van der Waals surface area contributed by atoms with Gasteiger partial charge in [0.15, 0.2) is 0 Å². The van der Waals surface area contributed by atoms with Crippen LogP contribution in [0.3, 0.4) is 0 Å². The Bertz CT molecular complexity index is 1350. The summed E-state index contributed by atoms with van der Waals surface area (Å²) in [6.07, 6.45) is 4.26. The number of nitrogens with zero attached hydrogens (tertiary/aromatic N) is 1. The summed E-state index contributed by atoms with van der Waals surface area (Å²) in [5.74, 6) is -0.779. The molecule has 1 unspecified atom stereocenters. The summed E-state index contributed by atoms with van der Waals surface area (Å²) in [5.41, 5.74) is 6.42. The van der Waals surface area contributed by atoms with E-state index in [1.807, 2.05) is 62.4 Å². The van der Waals surface area contributed by atoms with Gasteiger partial charge >= 0.3 is 0 Å². The Labute approximate surface area is 205 Å². The molecule has 0 aromatic heterocycles. The van der Waals surface area contributed by atoms with Crippen LogP contribution in [0, 0.1) is 13.8 Å². The van der Waals surface area contributed by atoms with Gasteiger partial charge in [0.05, 0.1) is 18.7 Å². The summed E-state index contributed by atoms with van der Waals surface area (Å²) in [6.45, 7) is 3.87. The monoisotopic (exact) mass is 467 g/mol. The molecule has 5 nitrogen and oxygen atoms in total. The van der Waals surface area contributed by atoms with Crippen LogP contribution in [-0.4, -0.2) is 23.9 Å². The van der Waals surface area contributed by atoms with E-state index in [-0.39, 0.29) is 11.3 Å². The fourth-order valence-corrected chi connectivity index (χ4v) is 5.20. The fourth-order valence-electron chi connectivity index (χ4n) is 5.20. The third-order valence-corrected chi connectivity index (χ3v) is 7.12. The largest absolute Gasteiger partial charge is 0.507 e. The number of methoxy groups -OCH3 is 1. The Balaban J connectivity index is 1.71. The molecule has 1 N–H and O–H groups in total. The summed E-state index contributed by atoms with van der Waals surface area (Å²) < 4.78 is 5.31. The predicted octanol–water partition coefficient (Wildman–Crippen LogP) is 5.82. The van der Waals surface area contributed by atoms with Gasteiger partial charge in [-0.05, 0) is 91.6 Å². The number of ether oxygens (including phenoxy) is 1. The summed E-state index contributed by atoms with van der Waals surface area (Å²) >= 11 is 0. The standard InChI is InChI=1S/C30H29NO4/c1-18-8-9-19(2)25(16-18)31-27(21-12-14-24(35-3)15-13-21)26(29(33)30(31)34)28(32)23-11-10-20-6-4-5-7-22(20)17-23/h8-17,27,32H,4-7H2,1-3H3/b28-26-. The van der Waals surface area contributed by atoms with Crippen molar-refractivity contribution in [1.29, 1.82) is 0 Å². The number of aliphatic hydroxyl groups is 1. The minimum absolute atomic E-state index is 0.108. The number of aliphatic hydroxyl groups excluding tert-OH is 1. The lowest BCUT2D eigenvalue weighted by Gasteiger charge is -2.27. The van der Waals surface area contributed by atoms with Crippen LogP contribution in [-0.2, 0) is 22.4 Å². The van der Waals surface area contributed by atoms with Crippen molar-refractivity contribution in [2.45, 2.75) is 45.6 Å². The number of ketones is 1. The number of carbonyl (C=O) groups excluding carboxylic acids is 2. The fraction of sp³-hybridized carbons (Fsp3) is 0.267. The number of benzene rings is 3. The zero-order valence-corrected chi connectivity index (χ0v) is 20.3. The number of amides is 1. The van der Waals surface area contributed by atoms with E-state index in [1.54, 1.807) is 19.2 Å². The van der Waals surface area contributed by atoms with Crippen LogP contribution in [0.2, 0.25) is 0 Å². The van der Waals surface area contributed by atoms with Gasteiger partial charge in [0.1, 0.15) is 11.5 Å². The highest BCUT2D eigenvalue weighted by molar-refractivity contribution is 6.51. The maximum absolute atomic E-state index is 13.5. The Morgan fingerprint density at radius 3 is 2.34 bits per heavy atom. The van der Waals surface area contributed by atoms with Crippen LogP contribution in [0.4, 0.5) is 5.69 Å². The maximum Gasteiger partial charge on any atom is 0.300 e.